The van der Waals surface area contributed by atoms with E-state index < -0.39 is 0 Å². The first-order valence-corrected chi connectivity index (χ1v) is 9.28. The highest BCUT2D eigenvalue weighted by molar-refractivity contribution is 5.47. The van der Waals surface area contributed by atoms with Crippen molar-refractivity contribution in [1.29, 1.82) is 0 Å². The SMILES string of the molecule is C=C1CCC[C@H]2[C@](C)(c3cc(OC)ccc3OC)[C@@H](C)CC[C@@]12C. The number of rotatable bonds is 3. The Labute approximate surface area is 147 Å². The molecule has 24 heavy (non-hydrogen) atoms. The number of hydrogen-bond donors (Lipinski definition) is 0. The lowest BCUT2D eigenvalue weighted by Gasteiger charge is -2.59. The first-order valence-electron chi connectivity index (χ1n) is 9.28. The van der Waals surface area contributed by atoms with Crippen LogP contribution in [0.3, 0.4) is 0 Å². The molecule has 0 unspecified atom stereocenters. The normalized spacial score (nSPS) is 36.1. The first kappa shape index (κ1) is 17.4. The Hall–Kier alpha value is -1.44. The number of ether oxygens (including phenoxy) is 2. The third-order valence-corrected chi connectivity index (χ3v) is 7.38. The molecule has 1 aromatic rings. The van der Waals surface area contributed by atoms with E-state index in [0.29, 0.717) is 11.8 Å². The van der Waals surface area contributed by atoms with Gasteiger partial charge in [0, 0.05) is 11.0 Å². The van der Waals surface area contributed by atoms with Crippen LogP contribution in [-0.2, 0) is 5.41 Å². The van der Waals surface area contributed by atoms with Crippen molar-refractivity contribution in [3.8, 4) is 11.5 Å². The lowest BCUT2D eigenvalue weighted by Crippen LogP contribution is -2.52. The second-order valence-corrected chi connectivity index (χ2v) is 8.25. The Bertz CT molecular complexity index is 635. The van der Waals surface area contributed by atoms with E-state index in [2.05, 4.69) is 39.5 Å². The molecule has 0 heterocycles. The fraction of sp³-hybridized carbons (Fsp3) is 0.636. The summed E-state index contributed by atoms with van der Waals surface area (Å²) in [5.74, 6) is 3.13. The van der Waals surface area contributed by atoms with Crippen LogP contribution in [0.15, 0.2) is 30.4 Å². The molecule has 0 N–H and O–H groups in total. The van der Waals surface area contributed by atoms with E-state index >= 15 is 0 Å². The highest BCUT2D eigenvalue weighted by Gasteiger charge is 2.55. The van der Waals surface area contributed by atoms with Gasteiger partial charge in [-0.05, 0) is 67.6 Å². The van der Waals surface area contributed by atoms with Gasteiger partial charge in [0.2, 0.25) is 0 Å². The molecule has 4 atom stereocenters. The highest BCUT2D eigenvalue weighted by atomic mass is 16.5. The Morgan fingerprint density at radius 3 is 2.54 bits per heavy atom. The molecule has 2 fully saturated rings. The molecule has 2 aliphatic rings. The third kappa shape index (κ3) is 2.37. The van der Waals surface area contributed by atoms with Gasteiger partial charge in [0.1, 0.15) is 11.5 Å². The second kappa shape index (κ2) is 6.13. The Balaban J connectivity index is 2.17. The molecule has 3 rings (SSSR count). The van der Waals surface area contributed by atoms with Crippen molar-refractivity contribution in [2.24, 2.45) is 17.3 Å². The van der Waals surface area contributed by atoms with Gasteiger partial charge in [-0.25, -0.2) is 0 Å². The summed E-state index contributed by atoms with van der Waals surface area (Å²) in [4.78, 5) is 0. The molecule has 2 heteroatoms. The predicted molar refractivity (Wildman–Crippen MR) is 99.9 cm³/mol. The number of methoxy groups -OCH3 is 2. The van der Waals surface area contributed by atoms with E-state index in [0.717, 1.165) is 11.5 Å². The quantitative estimate of drug-likeness (QED) is 0.657. The zero-order valence-electron chi connectivity index (χ0n) is 15.9. The minimum Gasteiger partial charge on any atom is -0.497 e. The van der Waals surface area contributed by atoms with Gasteiger partial charge < -0.3 is 9.47 Å². The summed E-state index contributed by atoms with van der Waals surface area (Å²) < 4.78 is 11.3. The van der Waals surface area contributed by atoms with E-state index in [-0.39, 0.29) is 10.8 Å². The molecule has 0 aliphatic heterocycles. The van der Waals surface area contributed by atoms with Gasteiger partial charge in [-0.2, -0.15) is 0 Å². The standard InChI is InChI=1S/C22H32O2/c1-15-8-7-9-20-21(15,3)13-12-16(2)22(20,4)18-14-17(23-5)10-11-19(18)24-6/h10-11,14,16,20H,1,7-9,12-13H2,2-6H3/t16-,20+,21-,22-/m0/s1. The summed E-state index contributed by atoms with van der Waals surface area (Å²) in [5.41, 5.74) is 3.09. The van der Waals surface area contributed by atoms with Crippen molar-refractivity contribution < 1.29 is 9.47 Å². The third-order valence-electron chi connectivity index (χ3n) is 7.38. The zero-order chi connectivity index (χ0) is 17.5. The molecule has 2 nitrogen and oxygen atoms in total. The Morgan fingerprint density at radius 1 is 1.12 bits per heavy atom. The van der Waals surface area contributed by atoms with Crippen LogP contribution in [0.2, 0.25) is 0 Å². The van der Waals surface area contributed by atoms with E-state index in [1.807, 2.05) is 6.07 Å². The molecule has 0 radical (unpaired) electrons. The minimum absolute atomic E-state index is 0.0796. The number of benzene rings is 1. The summed E-state index contributed by atoms with van der Waals surface area (Å²) in [6.07, 6.45) is 6.22. The van der Waals surface area contributed by atoms with E-state index in [9.17, 15) is 0 Å². The number of allylic oxidation sites excluding steroid dienone is 1. The minimum atomic E-state index is 0.0796. The maximum atomic E-state index is 5.77. The Morgan fingerprint density at radius 2 is 1.88 bits per heavy atom. The van der Waals surface area contributed by atoms with Crippen LogP contribution in [-0.4, -0.2) is 14.2 Å². The van der Waals surface area contributed by atoms with Crippen molar-refractivity contribution in [3.63, 3.8) is 0 Å². The topological polar surface area (TPSA) is 18.5 Å². The molecule has 2 aliphatic carbocycles. The molecule has 0 saturated heterocycles. The van der Waals surface area contributed by atoms with Crippen LogP contribution >= 0.6 is 0 Å². The van der Waals surface area contributed by atoms with Crippen molar-refractivity contribution in [2.45, 2.75) is 58.3 Å². The molecule has 132 valence electrons. The Kier molecular flexibility index (Phi) is 4.44. The highest BCUT2D eigenvalue weighted by Crippen LogP contribution is 2.63. The lowest BCUT2D eigenvalue weighted by atomic mass is 9.45. The fourth-order valence-electron chi connectivity index (χ4n) is 5.53. The summed E-state index contributed by atoms with van der Waals surface area (Å²) in [6, 6.07) is 6.27. The monoisotopic (exact) mass is 328 g/mol. The second-order valence-electron chi connectivity index (χ2n) is 8.25. The zero-order valence-corrected chi connectivity index (χ0v) is 15.9. The van der Waals surface area contributed by atoms with Crippen LogP contribution in [0.5, 0.6) is 11.5 Å². The molecule has 0 amide bonds. The van der Waals surface area contributed by atoms with Gasteiger partial charge in [-0.3, -0.25) is 0 Å². The van der Waals surface area contributed by atoms with Crippen LogP contribution in [0.4, 0.5) is 0 Å². The molecule has 1 aromatic carbocycles. The number of fused-ring (bicyclic) bond motifs is 1. The van der Waals surface area contributed by atoms with Gasteiger partial charge in [-0.1, -0.05) is 32.9 Å². The molecule has 2 saturated carbocycles. The van der Waals surface area contributed by atoms with Gasteiger partial charge in [0.05, 0.1) is 14.2 Å². The maximum absolute atomic E-state index is 5.77. The smallest absolute Gasteiger partial charge is 0.122 e. The first-order chi connectivity index (χ1) is 11.4. The van der Waals surface area contributed by atoms with Gasteiger partial charge >= 0.3 is 0 Å². The largest absolute Gasteiger partial charge is 0.497 e. The van der Waals surface area contributed by atoms with Crippen molar-refractivity contribution in [3.05, 3.63) is 35.9 Å². The summed E-state index contributed by atoms with van der Waals surface area (Å²) >= 11 is 0. The van der Waals surface area contributed by atoms with E-state index in [1.54, 1.807) is 14.2 Å². The van der Waals surface area contributed by atoms with Crippen molar-refractivity contribution >= 4 is 0 Å². The molecule has 0 spiro atoms. The molecular formula is C22H32O2. The maximum Gasteiger partial charge on any atom is 0.122 e. The van der Waals surface area contributed by atoms with Gasteiger partial charge in [0.15, 0.2) is 0 Å². The molecule has 0 bridgehead atoms. The summed E-state index contributed by atoms with van der Waals surface area (Å²) in [6.45, 7) is 11.8. The van der Waals surface area contributed by atoms with E-state index in [1.165, 1.54) is 43.2 Å². The van der Waals surface area contributed by atoms with E-state index in [4.69, 9.17) is 9.47 Å². The predicted octanol–water partition coefficient (Wildman–Crippen LogP) is 5.75. The molecular weight excluding hydrogens is 296 g/mol. The van der Waals surface area contributed by atoms with Crippen LogP contribution < -0.4 is 9.47 Å². The average molecular weight is 328 g/mol. The van der Waals surface area contributed by atoms with Crippen LogP contribution in [0.1, 0.15) is 58.4 Å². The fourth-order valence-corrected chi connectivity index (χ4v) is 5.53. The molecule has 0 aromatic heterocycles. The van der Waals surface area contributed by atoms with Crippen molar-refractivity contribution in [2.75, 3.05) is 14.2 Å². The van der Waals surface area contributed by atoms with Crippen LogP contribution in [0, 0.1) is 17.3 Å². The summed E-state index contributed by atoms with van der Waals surface area (Å²) in [5, 5.41) is 0. The lowest BCUT2D eigenvalue weighted by molar-refractivity contribution is 0.00378. The number of hydrogen-bond acceptors (Lipinski definition) is 2. The van der Waals surface area contributed by atoms with Crippen molar-refractivity contribution in [1.82, 2.24) is 0 Å². The van der Waals surface area contributed by atoms with Crippen LogP contribution in [0.25, 0.3) is 0 Å². The summed E-state index contributed by atoms with van der Waals surface area (Å²) in [7, 11) is 3.52. The average Bonchev–Trinajstić information content (AvgIpc) is 2.60. The van der Waals surface area contributed by atoms with Gasteiger partial charge in [0.25, 0.3) is 0 Å². The van der Waals surface area contributed by atoms with Gasteiger partial charge in [-0.15, -0.1) is 0 Å².